The van der Waals surface area contributed by atoms with Crippen LogP contribution in [0.3, 0.4) is 0 Å². The molecule has 0 bridgehead atoms. The molecule has 0 radical (unpaired) electrons. The summed E-state index contributed by atoms with van der Waals surface area (Å²) < 4.78 is 0. The predicted octanol–water partition coefficient (Wildman–Crippen LogP) is 7.91. The summed E-state index contributed by atoms with van der Waals surface area (Å²) in [6.45, 7) is 22.4. The molecule has 0 aliphatic heterocycles. The molecule has 5 saturated carbocycles. The number of hydrogen-bond donors (Lipinski definition) is 4. The van der Waals surface area contributed by atoms with E-state index in [1.807, 2.05) is 0 Å². The molecule has 0 aromatic heterocycles. The molecule has 5 fully saturated rings. The average molecular weight is 577 g/mol. The summed E-state index contributed by atoms with van der Waals surface area (Å²) >= 11 is 5.38. The highest BCUT2D eigenvalue weighted by Gasteiger charge is 2.71. The molecule has 40 heavy (non-hydrogen) atoms. The second-order valence-electron chi connectivity index (χ2n) is 16.9. The Morgan fingerprint density at radius 1 is 0.925 bits per heavy atom. The highest BCUT2D eigenvalue weighted by Crippen LogP contribution is 2.78. The lowest BCUT2D eigenvalue weighted by molar-refractivity contribution is -0.258. The molecule has 0 heterocycles. The van der Waals surface area contributed by atoms with Crippen molar-refractivity contribution in [3.8, 4) is 0 Å². The molecule has 5 aliphatic rings. The molecule has 2 unspecified atom stereocenters. The summed E-state index contributed by atoms with van der Waals surface area (Å²) in [4.78, 5) is 9.24. The number of fused-ring (bicyclic) bond motifs is 7. The summed E-state index contributed by atoms with van der Waals surface area (Å²) in [6, 6.07) is 0. The largest absolute Gasteiger partial charge is 0.480 e. The molecular weight excluding hydrogens is 512 g/mol. The first-order chi connectivity index (χ1) is 18.5. The van der Waals surface area contributed by atoms with Crippen LogP contribution in [-0.2, 0) is 4.79 Å². The van der Waals surface area contributed by atoms with Crippen LogP contribution in [0, 0.1) is 68.5 Å². The van der Waals surface area contributed by atoms with E-state index in [2.05, 4.69) is 73.5 Å². The van der Waals surface area contributed by atoms with E-state index in [0.717, 1.165) is 48.0 Å². The van der Waals surface area contributed by atoms with Gasteiger partial charge in [-0.1, -0.05) is 55.4 Å². The van der Waals surface area contributed by atoms with E-state index < -0.39 is 5.97 Å². The summed E-state index contributed by atoms with van der Waals surface area (Å²) in [5, 5.41) is 11.7. The Kier molecular flexibility index (Phi) is 9.26. The molecule has 5 rings (SSSR count). The van der Waals surface area contributed by atoms with Gasteiger partial charge in [-0.05, 0) is 146 Å². The summed E-state index contributed by atoms with van der Waals surface area (Å²) in [5.74, 6) is 5.14. The van der Waals surface area contributed by atoms with E-state index in [4.69, 9.17) is 17.7 Å². The zero-order chi connectivity index (χ0) is 29.9. The van der Waals surface area contributed by atoms with E-state index in [1.54, 1.807) is 0 Å². The van der Waals surface area contributed by atoms with E-state index in [0.29, 0.717) is 32.3 Å². The molecular formula is C35H64N2O2S. The van der Waals surface area contributed by atoms with Crippen molar-refractivity contribution >= 4 is 18.6 Å². The van der Waals surface area contributed by atoms with Crippen molar-refractivity contribution in [1.29, 1.82) is 0 Å². The smallest absolute Gasteiger partial charge is 0.317 e. The standard InChI is InChI=1S/C33H59NS.C2H5NO2/c1-21-12-15-30(5)17-18-31(6)24(28(30)22(21)2)10-11-27-32(31,7)16-13-26-29(3,4)20-25(35)23(14-19-34-9)33(26,27)8;3-1-2(4)5/h21-28,34-35H,10-20H2,1-9H3;1,3H2,(H,4,5)/t21-,22+,23?,24-,25?,26+,27+,28+,30-,31-,32-,33+;/m1./s1. The fourth-order valence-electron chi connectivity index (χ4n) is 12.8. The molecule has 0 spiro atoms. The highest BCUT2D eigenvalue weighted by molar-refractivity contribution is 7.81. The molecule has 4 nitrogen and oxygen atoms in total. The maximum Gasteiger partial charge on any atom is 0.317 e. The molecule has 0 amide bonds. The van der Waals surface area contributed by atoms with Crippen molar-refractivity contribution in [3.05, 3.63) is 0 Å². The number of aliphatic carboxylic acids is 1. The van der Waals surface area contributed by atoms with Crippen LogP contribution >= 0.6 is 12.6 Å². The van der Waals surface area contributed by atoms with Gasteiger partial charge in [0.15, 0.2) is 0 Å². The summed E-state index contributed by atoms with van der Waals surface area (Å²) in [5.41, 5.74) is 6.97. The molecule has 4 N–H and O–H groups in total. The van der Waals surface area contributed by atoms with Crippen molar-refractivity contribution in [3.63, 3.8) is 0 Å². The number of carbonyl (C=O) groups is 1. The first-order valence-electron chi connectivity index (χ1n) is 16.8. The lowest BCUT2D eigenvalue weighted by atomic mass is 9.30. The number of nitrogens with one attached hydrogen (secondary N) is 1. The lowest BCUT2D eigenvalue weighted by Crippen LogP contribution is -2.68. The second kappa shape index (κ2) is 11.3. The molecule has 12 atom stereocenters. The number of hydrogen-bond acceptors (Lipinski definition) is 4. The van der Waals surface area contributed by atoms with Crippen LogP contribution in [0.2, 0.25) is 0 Å². The maximum atomic E-state index is 9.24. The van der Waals surface area contributed by atoms with Gasteiger partial charge in [-0.25, -0.2) is 0 Å². The minimum absolute atomic E-state index is 0.278. The normalized spacial score (nSPS) is 51.2. The highest BCUT2D eigenvalue weighted by atomic mass is 32.1. The van der Waals surface area contributed by atoms with E-state index in [9.17, 15) is 4.79 Å². The Bertz CT molecular complexity index is 925. The van der Waals surface area contributed by atoms with Crippen molar-refractivity contribution in [1.82, 2.24) is 5.32 Å². The van der Waals surface area contributed by atoms with Crippen molar-refractivity contribution in [2.45, 2.75) is 125 Å². The molecule has 0 aromatic rings. The molecule has 5 aliphatic carbocycles. The number of carboxylic acids is 1. The first-order valence-corrected chi connectivity index (χ1v) is 17.3. The number of carboxylic acid groups (broad SMARTS) is 1. The van der Waals surface area contributed by atoms with Crippen LogP contribution in [0.25, 0.3) is 0 Å². The number of thiol groups is 1. The third-order valence-electron chi connectivity index (χ3n) is 15.0. The SMILES string of the molecule is CNCCC1C(S)CC(C)(C)[C@@H]2CC[C@]3(C)[C@H](CC[C@@H]4[C@@H]5[C@@H](C)[C@H](C)CC[C@]5(C)CC[C@]43C)[C@@]12C.NCC(=O)O. The van der Waals surface area contributed by atoms with Gasteiger partial charge in [0.1, 0.15) is 0 Å². The van der Waals surface area contributed by atoms with Gasteiger partial charge in [-0.2, -0.15) is 12.6 Å². The zero-order valence-electron chi connectivity index (χ0n) is 27.5. The van der Waals surface area contributed by atoms with Crippen LogP contribution in [0.15, 0.2) is 0 Å². The summed E-state index contributed by atoms with van der Waals surface area (Å²) in [6.07, 6.45) is 14.4. The van der Waals surface area contributed by atoms with Crippen LogP contribution < -0.4 is 11.1 Å². The van der Waals surface area contributed by atoms with Crippen LogP contribution in [0.1, 0.15) is 120 Å². The number of rotatable bonds is 4. The Labute approximate surface area is 252 Å². The van der Waals surface area contributed by atoms with Gasteiger partial charge in [0.25, 0.3) is 0 Å². The van der Waals surface area contributed by atoms with E-state index in [-0.39, 0.29) is 6.54 Å². The first kappa shape index (κ1) is 32.6. The van der Waals surface area contributed by atoms with Gasteiger partial charge in [0.05, 0.1) is 6.54 Å². The Morgan fingerprint density at radius 3 is 2.17 bits per heavy atom. The maximum absolute atomic E-state index is 9.24. The molecule has 232 valence electrons. The number of nitrogens with two attached hydrogens (primary N) is 1. The predicted molar refractivity (Wildman–Crippen MR) is 172 cm³/mol. The zero-order valence-corrected chi connectivity index (χ0v) is 28.4. The third kappa shape index (κ3) is 4.92. The van der Waals surface area contributed by atoms with Gasteiger partial charge < -0.3 is 16.2 Å². The van der Waals surface area contributed by atoms with Crippen LogP contribution in [-0.4, -0.2) is 36.5 Å². The van der Waals surface area contributed by atoms with Gasteiger partial charge in [0.2, 0.25) is 0 Å². The van der Waals surface area contributed by atoms with E-state index in [1.165, 1.54) is 64.2 Å². The quantitative estimate of drug-likeness (QED) is 0.257. The van der Waals surface area contributed by atoms with Crippen molar-refractivity contribution < 1.29 is 9.90 Å². The van der Waals surface area contributed by atoms with Crippen LogP contribution in [0.4, 0.5) is 0 Å². The monoisotopic (exact) mass is 576 g/mol. The van der Waals surface area contributed by atoms with Gasteiger partial charge >= 0.3 is 5.97 Å². The van der Waals surface area contributed by atoms with Crippen LogP contribution in [0.5, 0.6) is 0 Å². The van der Waals surface area contributed by atoms with Gasteiger partial charge in [-0.3, -0.25) is 4.79 Å². The minimum Gasteiger partial charge on any atom is -0.480 e. The molecule has 0 aromatic carbocycles. The Morgan fingerprint density at radius 2 is 1.57 bits per heavy atom. The average Bonchev–Trinajstić information content (AvgIpc) is 2.87. The minimum atomic E-state index is -0.968. The third-order valence-corrected chi connectivity index (χ3v) is 15.6. The molecule has 0 saturated heterocycles. The van der Waals surface area contributed by atoms with Gasteiger partial charge in [-0.15, -0.1) is 0 Å². The lowest BCUT2D eigenvalue weighted by Gasteiger charge is -2.75. The summed E-state index contributed by atoms with van der Waals surface area (Å²) in [7, 11) is 2.14. The fourth-order valence-corrected chi connectivity index (χ4v) is 13.7. The Balaban J connectivity index is 0.000000681. The fraction of sp³-hybridized carbons (Fsp3) is 0.971. The second-order valence-corrected chi connectivity index (χ2v) is 17.6. The molecule has 5 heteroatoms. The van der Waals surface area contributed by atoms with Crippen molar-refractivity contribution in [2.75, 3.05) is 20.1 Å². The Hall–Kier alpha value is -0.260. The topological polar surface area (TPSA) is 75.3 Å². The van der Waals surface area contributed by atoms with E-state index >= 15 is 0 Å². The van der Waals surface area contributed by atoms with Gasteiger partial charge in [0, 0.05) is 5.25 Å². The van der Waals surface area contributed by atoms with Crippen molar-refractivity contribution in [2.24, 2.45) is 74.2 Å².